The van der Waals surface area contributed by atoms with E-state index >= 15 is 0 Å². The third-order valence-electron chi connectivity index (χ3n) is 7.35. The summed E-state index contributed by atoms with van der Waals surface area (Å²) in [6.07, 6.45) is 16.9. The zero-order chi connectivity index (χ0) is 33.7. The van der Waals surface area contributed by atoms with E-state index in [2.05, 4.69) is 33.0 Å². The van der Waals surface area contributed by atoms with Crippen LogP contribution < -0.4 is 5.32 Å². The number of likely N-dealkylation sites (N-methyl/N-ethyl adjacent to an activating group) is 1. The molecule has 1 N–H and O–H groups in total. The van der Waals surface area contributed by atoms with Crippen molar-refractivity contribution in [1.82, 2.24) is 5.32 Å². The lowest BCUT2D eigenvalue weighted by Crippen LogP contribution is -2.48. The monoisotopic (exact) mass is 695 g/mol. The molecule has 0 saturated heterocycles. The number of carbonyl (C=O) groups excluding carboxylic acids is 1. The van der Waals surface area contributed by atoms with Crippen LogP contribution in [0, 0.1) is 0 Å². The molecule has 0 radical (unpaired) electrons. The maximum atomic E-state index is 12.4. The summed E-state index contributed by atoms with van der Waals surface area (Å²) in [4.78, 5) is 12.4. The van der Waals surface area contributed by atoms with Gasteiger partial charge in [-0.15, -0.1) is 0 Å². The number of hydrogen-bond donors (Lipinski definition) is 1. The number of rotatable bonds is 39. The van der Waals surface area contributed by atoms with Crippen LogP contribution in [0.25, 0.3) is 0 Å². The quantitative estimate of drug-likeness (QED) is 0.0507. The molecule has 0 aromatic carbocycles. The van der Waals surface area contributed by atoms with E-state index in [0.29, 0.717) is 71.9 Å². The van der Waals surface area contributed by atoms with Gasteiger partial charge < -0.3 is 37.5 Å². The van der Waals surface area contributed by atoms with Gasteiger partial charge in [-0.1, -0.05) is 104 Å². The number of ether oxygens (including phenoxy) is 4. The molecule has 0 aliphatic rings. The van der Waals surface area contributed by atoms with Crippen molar-refractivity contribution in [2.75, 3.05) is 91.5 Å². The van der Waals surface area contributed by atoms with E-state index in [1.54, 1.807) is 0 Å². The van der Waals surface area contributed by atoms with Crippen LogP contribution in [0.15, 0.2) is 0 Å². The Morgan fingerprint density at radius 1 is 0.522 bits per heavy atom. The summed E-state index contributed by atoms with van der Waals surface area (Å²) >= 11 is 1.43. The lowest BCUT2D eigenvalue weighted by Gasteiger charge is -2.30. The van der Waals surface area contributed by atoms with Crippen LogP contribution in [-0.2, 0) is 37.0 Å². The molecule has 46 heavy (non-hydrogen) atoms. The number of carbonyl (C=O) groups is 1. The SMILES string of the molecule is CCCCCCCC(=O)SCCC[Si](OCCNCC)(OCCOCCOCCCCCC)OCCOCCOCCCCCC. The Hall–Kier alpha value is -0.0831. The highest BCUT2D eigenvalue weighted by Crippen LogP contribution is 2.21. The third kappa shape index (κ3) is 32.5. The van der Waals surface area contributed by atoms with E-state index in [9.17, 15) is 4.79 Å². The molecule has 0 amide bonds. The van der Waals surface area contributed by atoms with Crippen LogP contribution in [0.3, 0.4) is 0 Å². The van der Waals surface area contributed by atoms with Crippen molar-refractivity contribution in [3.8, 4) is 0 Å². The second-order valence-corrected chi connectivity index (χ2v) is 15.5. The standard InChI is InChI=1S/C35H73NO8SSi/c1-5-9-12-15-16-20-35(37)45-33-19-34-46(42-24-21-36-8-4,43-31-29-40-27-25-38-22-17-13-10-6-2)44-32-30-41-28-26-39-23-18-14-11-7-3/h36H,5-34H2,1-4H3. The van der Waals surface area contributed by atoms with Crippen molar-refractivity contribution in [2.45, 2.75) is 130 Å². The molecular weight excluding hydrogens is 623 g/mol. The van der Waals surface area contributed by atoms with Gasteiger partial charge in [-0.25, -0.2) is 0 Å². The molecule has 0 spiro atoms. The third-order valence-corrected chi connectivity index (χ3v) is 11.3. The van der Waals surface area contributed by atoms with Gasteiger partial charge in [0.05, 0.1) is 59.5 Å². The van der Waals surface area contributed by atoms with Crippen molar-refractivity contribution in [2.24, 2.45) is 0 Å². The Kier molecular flexibility index (Phi) is 37.7. The lowest BCUT2D eigenvalue weighted by molar-refractivity contribution is -0.111. The molecule has 0 saturated carbocycles. The summed E-state index contributed by atoms with van der Waals surface area (Å²) in [6.45, 7) is 16.3. The topological polar surface area (TPSA) is 93.7 Å². The van der Waals surface area contributed by atoms with Crippen LogP contribution in [0.4, 0.5) is 0 Å². The predicted molar refractivity (Wildman–Crippen MR) is 194 cm³/mol. The van der Waals surface area contributed by atoms with Gasteiger partial charge in [-0.3, -0.25) is 4.79 Å². The minimum Gasteiger partial charge on any atom is -0.379 e. The highest BCUT2D eigenvalue weighted by atomic mass is 32.2. The van der Waals surface area contributed by atoms with Crippen LogP contribution in [0.2, 0.25) is 6.04 Å². The smallest absolute Gasteiger partial charge is 0.379 e. The summed E-state index contributed by atoms with van der Waals surface area (Å²) in [5.41, 5.74) is 0. The van der Waals surface area contributed by atoms with Gasteiger partial charge >= 0.3 is 8.80 Å². The first-order valence-corrected chi connectivity index (χ1v) is 21.6. The van der Waals surface area contributed by atoms with Gasteiger partial charge in [-0.05, 0) is 32.2 Å². The molecule has 0 rings (SSSR count). The molecule has 0 aliphatic heterocycles. The van der Waals surface area contributed by atoms with Gasteiger partial charge in [0.2, 0.25) is 0 Å². The number of unbranched alkanes of at least 4 members (excludes halogenated alkanes) is 10. The highest BCUT2D eigenvalue weighted by Gasteiger charge is 2.40. The maximum absolute atomic E-state index is 12.4. The summed E-state index contributed by atoms with van der Waals surface area (Å²) in [5.74, 6) is 0.740. The van der Waals surface area contributed by atoms with Gasteiger partial charge in [0.1, 0.15) is 0 Å². The van der Waals surface area contributed by atoms with Crippen molar-refractivity contribution >= 4 is 25.7 Å². The van der Waals surface area contributed by atoms with Gasteiger partial charge in [0, 0.05) is 38.0 Å². The molecule has 11 heteroatoms. The van der Waals surface area contributed by atoms with Crippen molar-refractivity contribution in [3.05, 3.63) is 0 Å². The summed E-state index contributed by atoms with van der Waals surface area (Å²) in [7, 11) is -3.03. The average Bonchev–Trinajstić information content (AvgIpc) is 3.06. The van der Waals surface area contributed by atoms with E-state index in [1.807, 2.05) is 0 Å². The van der Waals surface area contributed by atoms with Crippen molar-refractivity contribution in [3.63, 3.8) is 0 Å². The first-order chi connectivity index (χ1) is 22.6. The van der Waals surface area contributed by atoms with Crippen molar-refractivity contribution in [1.29, 1.82) is 0 Å². The summed E-state index contributed by atoms with van der Waals surface area (Å²) in [5, 5.41) is 3.60. The molecule has 0 unspecified atom stereocenters. The maximum Gasteiger partial charge on any atom is 0.501 e. The van der Waals surface area contributed by atoms with E-state index in [0.717, 1.165) is 64.2 Å². The van der Waals surface area contributed by atoms with E-state index < -0.39 is 8.80 Å². The molecule has 9 nitrogen and oxygen atoms in total. The summed E-state index contributed by atoms with van der Waals surface area (Å²) in [6, 6.07) is 0.650. The van der Waals surface area contributed by atoms with E-state index in [4.69, 9.17) is 32.2 Å². The Bertz CT molecular complexity index is 597. The normalized spacial score (nSPS) is 11.9. The van der Waals surface area contributed by atoms with E-state index in [-0.39, 0.29) is 5.12 Å². The molecule has 0 fully saturated rings. The molecule has 0 bridgehead atoms. The Labute approximate surface area is 289 Å². The first kappa shape index (κ1) is 45.9. The van der Waals surface area contributed by atoms with Crippen LogP contribution in [0.1, 0.15) is 124 Å². The molecule has 276 valence electrons. The fraction of sp³-hybridized carbons (Fsp3) is 0.971. The van der Waals surface area contributed by atoms with Gasteiger partial charge in [0.25, 0.3) is 0 Å². The molecule has 0 atom stereocenters. The highest BCUT2D eigenvalue weighted by molar-refractivity contribution is 8.13. The predicted octanol–water partition coefficient (Wildman–Crippen LogP) is 7.82. The van der Waals surface area contributed by atoms with E-state index in [1.165, 1.54) is 69.5 Å². The average molecular weight is 696 g/mol. The van der Waals surface area contributed by atoms with Crippen LogP contribution in [0.5, 0.6) is 0 Å². The molecular formula is C35H73NO8SSi. The van der Waals surface area contributed by atoms with Gasteiger partial charge in [-0.2, -0.15) is 0 Å². The lowest BCUT2D eigenvalue weighted by atomic mass is 10.1. The largest absolute Gasteiger partial charge is 0.501 e. The number of hydrogen-bond acceptors (Lipinski definition) is 10. The second-order valence-electron chi connectivity index (χ2n) is 11.6. The molecule has 0 heterocycles. The Morgan fingerprint density at radius 2 is 0.978 bits per heavy atom. The summed E-state index contributed by atoms with van der Waals surface area (Å²) < 4.78 is 42.2. The number of nitrogens with one attached hydrogen (secondary N) is 1. The minimum absolute atomic E-state index is 0.278. The van der Waals surface area contributed by atoms with Crippen molar-refractivity contribution < 1.29 is 37.0 Å². The fourth-order valence-corrected chi connectivity index (χ4v) is 8.19. The molecule has 0 aliphatic carbocycles. The second kappa shape index (κ2) is 37.7. The van der Waals surface area contributed by atoms with Crippen LogP contribution >= 0.6 is 11.8 Å². The zero-order valence-corrected chi connectivity index (χ0v) is 32.2. The molecule has 0 aromatic heterocycles. The number of thioether (sulfide) groups is 1. The zero-order valence-electron chi connectivity index (χ0n) is 30.4. The van der Waals surface area contributed by atoms with Crippen LogP contribution in [-0.4, -0.2) is 105 Å². The minimum atomic E-state index is -3.03. The molecule has 0 aromatic rings. The Morgan fingerprint density at radius 3 is 1.50 bits per heavy atom. The fourth-order valence-electron chi connectivity index (χ4n) is 4.63. The van der Waals surface area contributed by atoms with Gasteiger partial charge in [0.15, 0.2) is 5.12 Å². The Balaban J connectivity index is 4.76. The first-order valence-electron chi connectivity index (χ1n) is 18.7.